The molecule has 78 valence electrons. The molecule has 0 bridgehead atoms. The standard InChI is InChI=1S/C14H8Br2/c15-13-11-5-9-7-3-1-2-4-8(7)10(9)6-12(11)14(13)16/h1-6,13-14H. The molecule has 2 aromatic carbocycles. The van der Waals surface area contributed by atoms with Crippen molar-refractivity contribution in [1.29, 1.82) is 0 Å². The third-order valence-electron chi connectivity index (χ3n) is 3.58. The van der Waals surface area contributed by atoms with Crippen LogP contribution in [0.4, 0.5) is 0 Å². The van der Waals surface area contributed by atoms with E-state index in [1.54, 1.807) is 0 Å². The first-order valence-electron chi connectivity index (χ1n) is 5.33. The van der Waals surface area contributed by atoms with E-state index in [0.29, 0.717) is 9.65 Å². The van der Waals surface area contributed by atoms with Gasteiger partial charge in [-0.05, 0) is 45.5 Å². The van der Waals surface area contributed by atoms with Crippen LogP contribution in [0.2, 0.25) is 0 Å². The lowest BCUT2D eigenvalue weighted by molar-refractivity contribution is 0.820. The molecular weight excluding hydrogens is 328 g/mol. The summed E-state index contributed by atoms with van der Waals surface area (Å²) in [5, 5.41) is 0. The highest BCUT2D eigenvalue weighted by Gasteiger charge is 2.37. The van der Waals surface area contributed by atoms with Gasteiger partial charge in [0.25, 0.3) is 0 Å². The summed E-state index contributed by atoms with van der Waals surface area (Å²) in [5.74, 6) is 0. The Hall–Kier alpha value is -0.600. The van der Waals surface area contributed by atoms with Crippen LogP contribution in [0.1, 0.15) is 20.8 Å². The summed E-state index contributed by atoms with van der Waals surface area (Å²) in [6.07, 6.45) is 0. The zero-order valence-corrected chi connectivity index (χ0v) is 11.5. The Morgan fingerprint density at radius 2 is 1.12 bits per heavy atom. The maximum absolute atomic E-state index is 3.70. The SMILES string of the molecule is BrC1c2cc3c(cc2C1Br)-c1ccccc1-3. The van der Waals surface area contributed by atoms with Gasteiger partial charge >= 0.3 is 0 Å². The number of hydrogen-bond acceptors (Lipinski definition) is 0. The molecule has 0 amide bonds. The summed E-state index contributed by atoms with van der Waals surface area (Å²) in [6, 6.07) is 13.3. The minimum absolute atomic E-state index is 0.473. The molecule has 0 radical (unpaired) electrons. The largest absolute Gasteiger partial charge is 0.0823 e. The van der Waals surface area contributed by atoms with E-state index in [1.807, 2.05) is 0 Å². The molecule has 0 aliphatic heterocycles. The van der Waals surface area contributed by atoms with Crippen molar-refractivity contribution >= 4 is 31.9 Å². The van der Waals surface area contributed by atoms with E-state index in [9.17, 15) is 0 Å². The van der Waals surface area contributed by atoms with E-state index in [2.05, 4.69) is 68.3 Å². The summed E-state index contributed by atoms with van der Waals surface area (Å²) in [5.41, 5.74) is 8.51. The molecule has 0 aromatic heterocycles. The maximum Gasteiger partial charge on any atom is 0.0564 e. The van der Waals surface area contributed by atoms with Gasteiger partial charge in [0.2, 0.25) is 0 Å². The van der Waals surface area contributed by atoms with Crippen molar-refractivity contribution < 1.29 is 0 Å². The molecule has 2 aliphatic rings. The molecule has 2 atom stereocenters. The van der Waals surface area contributed by atoms with Crippen molar-refractivity contribution in [3.8, 4) is 22.3 Å². The normalized spacial score (nSPS) is 23.6. The van der Waals surface area contributed by atoms with Gasteiger partial charge in [-0.1, -0.05) is 56.1 Å². The van der Waals surface area contributed by atoms with Crippen LogP contribution in [-0.4, -0.2) is 0 Å². The number of fused-ring (bicyclic) bond motifs is 5. The Morgan fingerprint density at radius 1 is 0.688 bits per heavy atom. The average molecular weight is 336 g/mol. The van der Waals surface area contributed by atoms with Gasteiger partial charge in [-0.25, -0.2) is 0 Å². The number of rotatable bonds is 0. The number of halogens is 2. The summed E-state index contributed by atoms with van der Waals surface area (Å²) < 4.78 is 0. The fraction of sp³-hybridized carbons (Fsp3) is 0.143. The Morgan fingerprint density at radius 3 is 1.56 bits per heavy atom. The van der Waals surface area contributed by atoms with Crippen LogP contribution in [0.15, 0.2) is 36.4 Å². The molecule has 0 saturated carbocycles. The first-order valence-corrected chi connectivity index (χ1v) is 7.16. The number of hydrogen-bond donors (Lipinski definition) is 0. The predicted octanol–water partition coefficient (Wildman–Crippen LogP) is 5.22. The third kappa shape index (κ3) is 0.957. The highest BCUT2D eigenvalue weighted by molar-refractivity contribution is 9.12. The summed E-state index contributed by atoms with van der Waals surface area (Å²) in [6.45, 7) is 0. The molecule has 0 fully saturated rings. The van der Waals surface area contributed by atoms with Crippen LogP contribution in [-0.2, 0) is 0 Å². The highest BCUT2D eigenvalue weighted by Crippen LogP contribution is 2.59. The molecular formula is C14H8Br2. The van der Waals surface area contributed by atoms with E-state index in [4.69, 9.17) is 0 Å². The first kappa shape index (κ1) is 9.43. The van der Waals surface area contributed by atoms with Crippen LogP contribution < -0.4 is 0 Å². The molecule has 4 rings (SSSR count). The van der Waals surface area contributed by atoms with Crippen molar-refractivity contribution in [2.45, 2.75) is 9.65 Å². The van der Waals surface area contributed by atoms with Crippen LogP contribution >= 0.6 is 31.9 Å². The van der Waals surface area contributed by atoms with Crippen LogP contribution in [0.25, 0.3) is 22.3 Å². The Bertz CT molecular complexity index is 562. The second-order valence-corrected chi connectivity index (χ2v) is 6.35. The topological polar surface area (TPSA) is 0 Å². The van der Waals surface area contributed by atoms with E-state index in [-0.39, 0.29) is 0 Å². The smallest absolute Gasteiger partial charge is 0.0564 e. The predicted molar refractivity (Wildman–Crippen MR) is 74.2 cm³/mol. The van der Waals surface area contributed by atoms with Gasteiger partial charge < -0.3 is 0 Å². The maximum atomic E-state index is 3.70. The molecule has 2 heteroatoms. The second kappa shape index (κ2) is 2.99. The van der Waals surface area contributed by atoms with Crippen LogP contribution in [0, 0.1) is 0 Å². The molecule has 2 aliphatic carbocycles. The van der Waals surface area contributed by atoms with Crippen molar-refractivity contribution in [2.24, 2.45) is 0 Å². The van der Waals surface area contributed by atoms with Gasteiger partial charge in [-0.3, -0.25) is 0 Å². The summed E-state index contributed by atoms with van der Waals surface area (Å²) >= 11 is 7.40. The van der Waals surface area contributed by atoms with E-state index in [0.717, 1.165) is 0 Å². The Balaban J connectivity index is 1.96. The lowest BCUT2D eigenvalue weighted by atomic mass is 9.74. The van der Waals surface area contributed by atoms with Crippen LogP contribution in [0.5, 0.6) is 0 Å². The average Bonchev–Trinajstić information content (AvgIpc) is 2.33. The van der Waals surface area contributed by atoms with Gasteiger partial charge in [0.15, 0.2) is 0 Å². The zero-order valence-electron chi connectivity index (χ0n) is 8.37. The lowest BCUT2D eigenvalue weighted by Gasteiger charge is -2.36. The van der Waals surface area contributed by atoms with Crippen LogP contribution in [0.3, 0.4) is 0 Å². The van der Waals surface area contributed by atoms with Gasteiger partial charge in [-0.2, -0.15) is 0 Å². The minimum Gasteiger partial charge on any atom is -0.0823 e. The number of benzene rings is 2. The Labute approximate surface area is 111 Å². The van der Waals surface area contributed by atoms with Gasteiger partial charge in [0.1, 0.15) is 0 Å². The fourth-order valence-corrected chi connectivity index (χ4v) is 4.03. The molecule has 0 N–H and O–H groups in total. The second-order valence-electron chi connectivity index (χ2n) is 4.38. The molecule has 0 spiro atoms. The summed E-state index contributed by atoms with van der Waals surface area (Å²) in [4.78, 5) is 0.945. The fourth-order valence-electron chi connectivity index (χ4n) is 2.67. The van der Waals surface area contributed by atoms with Crippen molar-refractivity contribution in [2.75, 3.05) is 0 Å². The number of alkyl halides is 2. The van der Waals surface area contributed by atoms with E-state index in [1.165, 1.54) is 33.4 Å². The molecule has 0 heterocycles. The Kier molecular flexibility index (Phi) is 1.76. The van der Waals surface area contributed by atoms with Crippen molar-refractivity contribution in [1.82, 2.24) is 0 Å². The van der Waals surface area contributed by atoms with Gasteiger partial charge in [0.05, 0.1) is 9.65 Å². The van der Waals surface area contributed by atoms with Crippen molar-refractivity contribution in [3.63, 3.8) is 0 Å². The third-order valence-corrected chi connectivity index (χ3v) is 6.34. The van der Waals surface area contributed by atoms with E-state index >= 15 is 0 Å². The first-order chi connectivity index (χ1) is 7.77. The van der Waals surface area contributed by atoms with Crippen molar-refractivity contribution in [3.05, 3.63) is 47.5 Å². The molecule has 0 saturated heterocycles. The molecule has 2 unspecified atom stereocenters. The highest BCUT2D eigenvalue weighted by atomic mass is 79.9. The van der Waals surface area contributed by atoms with Gasteiger partial charge in [0, 0.05) is 0 Å². The molecule has 16 heavy (non-hydrogen) atoms. The quantitative estimate of drug-likeness (QED) is 0.494. The monoisotopic (exact) mass is 334 g/mol. The summed E-state index contributed by atoms with van der Waals surface area (Å²) in [7, 11) is 0. The molecule has 2 aromatic rings. The molecule has 0 nitrogen and oxygen atoms in total. The lowest BCUT2D eigenvalue weighted by Crippen LogP contribution is -2.16. The minimum atomic E-state index is 0.473. The zero-order chi connectivity index (χ0) is 10.9. The van der Waals surface area contributed by atoms with Gasteiger partial charge in [-0.15, -0.1) is 0 Å². The van der Waals surface area contributed by atoms with E-state index < -0.39 is 0 Å².